The lowest BCUT2D eigenvalue weighted by Gasteiger charge is -2.33. The van der Waals surface area contributed by atoms with E-state index in [2.05, 4.69) is 16.3 Å². The zero-order valence-corrected chi connectivity index (χ0v) is 13.8. The minimum Gasteiger partial charge on any atom is -0.494 e. The van der Waals surface area contributed by atoms with E-state index < -0.39 is 0 Å². The fourth-order valence-electron chi connectivity index (χ4n) is 3.02. The van der Waals surface area contributed by atoms with E-state index in [0.29, 0.717) is 6.54 Å². The Bertz CT molecular complexity index is 685. The Labute approximate surface area is 141 Å². The Hall–Kier alpha value is -2.27. The van der Waals surface area contributed by atoms with Crippen molar-refractivity contribution in [1.29, 1.82) is 0 Å². The second-order valence-electron chi connectivity index (χ2n) is 6.06. The number of nitrogens with zero attached hydrogens (tertiary/aromatic N) is 1. The number of benzene rings is 2. The third kappa shape index (κ3) is 3.79. The molecule has 0 bridgehead atoms. The normalized spacial score (nSPS) is 15.4. The standard InChI is InChI=1S/C19H23FN2O2/c1-24-19-7-6-14(12-16(19)20)13-21-17-4-2-3-5-18(17)22-10-8-15(23)9-11-22/h2-7,12,15,21,23H,8-11,13H2,1H3. The highest BCUT2D eigenvalue weighted by molar-refractivity contribution is 5.70. The number of para-hydroxylation sites is 2. The molecule has 1 saturated heterocycles. The lowest BCUT2D eigenvalue weighted by atomic mass is 10.1. The number of methoxy groups -OCH3 is 1. The van der Waals surface area contributed by atoms with Gasteiger partial charge in [0.1, 0.15) is 0 Å². The summed E-state index contributed by atoms with van der Waals surface area (Å²) >= 11 is 0. The molecule has 0 saturated carbocycles. The van der Waals surface area contributed by atoms with E-state index in [1.54, 1.807) is 6.07 Å². The third-order valence-electron chi connectivity index (χ3n) is 4.41. The summed E-state index contributed by atoms with van der Waals surface area (Å²) in [6.45, 7) is 2.22. The molecule has 0 aliphatic carbocycles. The SMILES string of the molecule is COc1ccc(CNc2ccccc2N2CCC(O)CC2)cc1F. The Morgan fingerprint density at radius 1 is 1.21 bits per heavy atom. The summed E-state index contributed by atoms with van der Waals surface area (Å²) in [5.74, 6) is -0.0962. The molecule has 1 aliphatic heterocycles. The van der Waals surface area contributed by atoms with Crippen molar-refractivity contribution in [3.05, 3.63) is 53.8 Å². The first-order valence-electron chi connectivity index (χ1n) is 8.25. The van der Waals surface area contributed by atoms with Crippen LogP contribution in [0.5, 0.6) is 5.75 Å². The maximum absolute atomic E-state index is 13.8. The largest absolute Gasteiger partial charge is 0.494 e. The van der Waals surface area contributed by atoms with Crippen LogP contribution in [-0.2, 0) is 6.54 Å². The van der Waals surface area contributed by atoms with E-state index in [1.807, 2.05) is 24.3 Å². The summed E-state index contributed by atoms with van der Waals surface area (Å²) in [6, 6.07) is 13.1. The third-order valence-corrected chi connectivity index (χ3v) is 4.41. The van der Waals surface area contributed by atoms with E-state index in [-0.39, 0.29) is 17.7 Å². The Kier molecular flexibility index (Phi) is 5.20. The van der Waals surface area contributed by atoms with Crippen LogP contribution in [0.25, 0.3) is 0 Å². The van der Waals surface area contributed by atoms with Crippen molar-refractivity contribution in [3.8, 4) is 5.75 Å². The zero-order chi connectivity index (χ0) is 16.9. The minimum atomic E-state index is -0.352. The molecular weight excluding hydrogens is 307 g/mol. The minimum absolute atomic E-state index is 0.191. The Morgan fingerprint density at radius 2 is 1.96 bits per heavy atom. The average molecular weight is 330 g/mol. The van der Waals surface area contributed by atoms with Crippen molar-refractivity contribution in [1.82, 2.24) is 0 Å². The summed E-state index contributed by atoms with van der Waals surface area (Å²) < 4.78 is 18.7. The number of anilines is 2. The summed E-state index contributed by atoms with van der Waals surface area (Å²) in [4.78, 5) is 2.28. The van der Waals surface area contributed by atoms with E-state index in [4.69, 9.17) is 4.74 Å². The molecular formula is C19H23FN2O2. The van der Waals surface area contributed by atoms with Crippen molar-refractivity contribution >= 4 is 11.4 Å². The van der Waals surface area contributed by atoms with Gasteiger partial charge in [-0.25, -0.2) is 4.39 Å². The fourth-order valence-corrected chi connectivity index (χ4v) is 3.02. The highest BCUT2D eigenvalue weighted by Crippen LogP contribution is 2.29. The molecule has 3 rings (SSSR count). The molecule has 2 aromatic carbocycles. The quantitative estimate of drug-likeness (QED) is 0.882. The van der Waals surface area contributed by atoms with E-state index in [0.717, 1.165) is 42.9 Å². The fraction of sp³-hybridized carbons (Fsp3) is 0.368. The lowest BCUT2D eigenvalue weighted by Crippen LogP contribution is -2.36. The van der Waals surface area contributed by atoms with E-state index >= 15 is 0 Å². The topological polar surface area (TPSA) is 44.7 Å². The number of hydrogen-bond donors (Lipinski definition) is 2. The number of aliphatic hydroxyl groups excluding tert-OH is 1. The highest BCUT2D eigenvalue weighted by atomic mass is 19.1. The molecule has 24 heavy (non-hydrogen) atoms. The smallest absolute Gasteiger partial charge is 0.165 e. The molecule has 4 nitrogen and oxygen atoms in total. The van der Waals surface area contributed by atoms with Gasteiger partial charge in [-0.3, -0.25) is 0 Å². The van der Waals surface area contributed by atoms with Crippen LogP contribution in [0.3, 0.4) is 0 Å². The van der Waals surface area contributed by atoms with Crippen molar-refractivity contribution in [2.45, 2.75) is 25.5 Å². The van der Waals surface area contributed by atoms with E-state index in [1.165, 1.54) is 13.2 Å². The van der Waals surface area contributed by atoms with Crippen LogP contribution in [0.1, 0.15) is 18.4 Å². The summed E-state index contributed by atoms with van der Waals surface area (Å²) in [6.07, 6.45) is 1.39. The van der Waals surface area contributed by atoms with Crippen LogP contribution >= 0.6 is 0 Å². The van der Waals surface area contributed by atoms with Gasteiger partial charge >= 0.3 is 0 Å². The number of ether oxygens (including phenoxy) is 1. The molecule has 2 N–H and O–H groups in total. The van der Waals surface area contributed by atoms with Crippen molar-refractivity contribution < 1.29 is 14.2 Å². The molecule has 5 heteroatoms. The molecule has 0 unspecified atom stereocenters. The van der Waals surface area contributed by atoms with Crippen LogP contribution in [0, 0.1) is 5.82 Å². The van der Waals surface area contributed by atoms with Gasteiger partial charge in [0, 0.05) is 19.6 Å². The van der Waals surface area contributed by atoms with Crippen molar-refractivity contribution in [3.63, 3.8) is 0 Å². The molecule has 2 aromatic rings. The molecule has 0 amide bonds. The molecule has 1 aliphatic rings. The summed E-state index contributed by atoms with van der Waals surface area (Å²) in [5, 5.41) is 13.1. The predicted molar refractivity (Wildman–Crippen MR) is 94.2 cm³/mol. The van der Waals surface area contributed by atoms with Gasteiger partial charge < -0.3 is 20.1 Å². The van der Waals surface area contributed by atoms with Gasteiger partial charge in [0.15, 0.2) is 11.6 Å². The number of nitrogens with one attached hydrogen (secondary N) is 1. The monoisotopic (exact) mass is 330 g/mol. The van der Waals surface area contributed by atoms with Crippen LogP contribution in [0.4, 0.5) is 15.8 Å². The molecule has 0 spiro atoms. The Morgan fingerprint density at radius 3 is 2.67 bits per heavy atom. The van der Waals surface area contributed by atoms with Gasteiger partial charge in [-0.2, -0.15) is 0 Å². The van der Waals surface area contributed by atoms with Gasteiger partial charge in [-0.05, 0) is 42.7 Å². The number of rotatable bonds is 5. The van der Waals surface area contributed by atoms with Gasteiger partial charge in [0.2, 0.25) is 0 Å². The molecule has 128 valence electrons. The second kappa shape index (κ2) is 7.53. The number of hydrogen-bond acceptors (Lipinski definition) is 4. The first-order chi connectivity index (χ1) is 11.7. The number of piperidine rings is 1. The first-order valence-corrected chi connectivity index (χ1v) is 8.25. The number of aliphatic hydroxyl groups is 1. The van der Waals surface area contributed by atoms with Gasteiger partial charge in [0.05, 0.1) is 24.6 Å². The van der Waals surface area contributed by atoms with E-state index in [9.17, 15) is 9.50 Å². The van der Waals surface area contributed by atoms with Gasteiger partial charge in [0.25, 0.3) is 0 Å². The second-order valence-corrected chi connectivity index (χ2v) is 6.06. The first kappa shape index (κ1) is 16.6. The summed E-state index contributed by atoms with van der Waals surface area (Å²) in [7, 11) is 1.46. The summed E-state index contributed by atoms with van der Waals surface area (Å²) in [5.41, 5.74) is 3.00. The van der Waals surface area contributed by atoms with Crippen LogP contribution < -0.4 is 15.0 Å². The maximum atomic E-state index is 13.8. The average Bonchev–Trinajstić information content (AvgIpc) is 2.61. The zero-order valence-electron chi connectivity index (χ0n) is 13.8. The number of halogens is 1. The van der Waals surface area contributed by atoms with Gasteiger partial charge in [-0.15, -0.1) is 0 Å². The van der Waals surface area contributed by atoms with Gasteiger partial charge in [-0.1, -0.05) is 18.2 Å². The molecule has 0 aromatic heterocycles. The molecule has 1 fully saturated rings. The molecule has 0 radical (unpaired) electrons. The van der Waals surface area contributed by atoms with Crippen LogP contribution in [0.15, 0.2) is 42.5 Å². The lowest BCUT2D eigenvalue weighted by molar-refractivity contribution is 0.145. The van der Waals surface area contributed by atoms with Crippen molar-refractivity contribution in [2.24, 2.45) is 0 Å². The highest BCUT2D eigenvalue weighted by Gasteiger charge is 2.19. The van der Waals surface area contributed by atoms with Crippen molar-refractivity contribution in [2.75, 3.05) is 30.4 Å². The predicted octanol–water partition coefficient (Wildman–Crippen LogP) is 3.41. The maximum Gasteiger partial charge on any atom is 0.165 e. The van der Waals surface area contributed by atoms with Crippen LogP contribution in [-0.4, -0.2) is 31.4 Å². The van der Waals surface area contributed by atoms with Crippen LogP contribution in [0.2, 0.25) is 0 Å². The Balaban J connectivity index is 1.70. The molecule has 1 heterocycles. The molecule has 0 atom stereocenters.